The Morgan fingerprint density at radius 2 is 2.00 bits per heavy atom. The molecule has 2 heterocycles. The zero-order chi connectivity index (χ0) is 13.8. The fourth-order valence-electron chi connectivity index (χ4n) is 2.57. The van der Waals surface area contributed by atoms with Gasteiger partial charge in [0.2, 0.25) is 12.7 Å². The van der Waals surface area contributed by atoms with Crippen molar-refractivity contribution in [1.29, 1.82) is 0 Å². The first-order chi connectivity index (χ1) is 9.83. The highest BCUT2D eigenvalue weighted by Crippen LogP contribution is 2.32. The summed E-state index contributed by atoms with van der Waals surface area (Å²) in [5.41, 5.74) is 1.20. The molecule has 0 N–H and O–H groups in total. The Kier molecular flexibility index (Phi) is 3.90. The summed E-state index contributed by atoms with van der Waals surface area (Å²) in [4.78, 5) is 13.7. The van der Waals surface area contributed by atoms with Crippen molar-refractivity contribution in [2.45, 2.75) is 25.7 Å². The fourth-order valence-corrected chi connectivity index (χ4v) is 2.57. The molecule has 0 unspecified atom stereocenters. The number of fused-ring (bicyclic) bond motifs is 1. The van der Waals surface area contributed by atoms with Crippen LogP contribution in [0, 0.1) is 0 Å². The van der Waals surface area contributed by atoms with Gasteiger partial charge in [0.25, 0.3) is 0 Å². The van der Waals surface area contributed by atoms with E-state index in [9.17, 15) is 4.79 Å². The van der Waals surface area contributed by atoms with E-state index in [-0.39, 0.29) is 5.91 Å². The quantitative estimate of drug-likeness (QED) is 0.791. The first kappa shape index (κ1) is 13.0. The number of carbonyl (C=O) groups excluding carboxylic acids is 1. The maximum atomic E-state index is 11.8. The molecule has 4 nitrogen and oxygen atoms in total. The van der Waals surface area contributed by atoms with Crippen molar-refractivity contribution in [3.63, 3.8) is 0 Å². The van der Waals surface area contributed by atoms with Crippen molar-refractivity contribution in [3.05, 3.63) is 35.9 Å². The molecule has 0 spiro atoms. The summed E-state index contributed by atoms with van der Waals surface area (Å²) in [6.07, 6.45) is 7.71. The molecule has 1 aromatic rings. The molecule has 0 aromatic heterocycles. The van der Waals surface area contributed by atoms with Crippen molar-refractivity contribution >= 4 is 5.91 Å². The Hall–Kier alpha value is -1.97. The predicted octanol–water partition coefficient (Wildman–Crippen LogP) is 2.53. The van der Waals surface area contributed by atoms with Gasteiger partial charge in [0.1, 0.15) is 0 Å². The van der Waals surface area contributed by atoms with Crippen LogP contribution in [0.15, 0.2) is 30.4 Å². The first-order valence-corrected chi connectivity index (χ1v) is 7.17. The summed E-state index contributed by atoms with van der Waals surface area (Å²) < 4.78 is 10.6. The van der Waals surface area contributed by atoms with E-state index in [0.29, 0.717) is 6.79 Å². The molecular formula is C16H19NO3. The average Bonchev–Trinajstić information content (AvgIpc) is 3.13. The summed E-state index contributed by atoms with van der Waals surface area (Å²) in [5, 5.41) is 0. The Morgan fingerprint density at radius 1 is 1.20 bits per heavy atom. The molecule has 0 aliphatic carbocycles. The van der Waals surface area contributed by atoms with Crippen molar-refractivity contribution in [3.8, 4) is 11.5 Å². The molecule has 0 radical (unpaired) electrons. The van der Waals surface area contributed by atoms with E-state index < -0.39 is 0 Å². The van der Waals surface area contributed by atoms with Gasteiger partial charge in [0.05, 0.1) is 0 Å². The second kappa shape index (κ2) is 5.99. The van der Waals surface area contributed by atoms with Gasteiger partial charge in [-0.2, -0.15) is 0 Å². The minimum absolute atomic E-state index is 0.146. The monoisotopic (exact) mass is 273 g/mol. The third-order valence-corrected chi connectivity index (χ3v) is 3.71. The van der Waals surface area contributed by atoms with Gasteiger partial charge < -0.3 is 14.4 Å². The zero-order valence-electron chi connectivity index (χ0n) is 11.5. The summed E-state index contributed by atoms with van der Waals surface area (Å²) in [6, 6.07) is 6.00. The van der Waals surface area contributed by atoms with Gasteiger partial charge >= 0.3 is 0 Å². The molecule has 20 heavy (non-hydrogen) atoms. The highest BCUT2D eigenvalue weighted by Gasteiger charge is 2.15. The normalized spacial score (nSPS) is 17.1. The largest absolute Gasteiger partial charge is 0.454 e. The van der Waals surface area contributed by atoms with Gasteiger partial charge in [-0.05, 0) is 49.5 Å². The number of amides is 1. The Balaban J connectivity index is 1.48. The number of ether oxygens (including phenoxy) is 2. The number of rotatable bonds is 4. The molecule has 0 bridgehead atoms. The van der Waals surface area contributed by atoms with Gasteiger partial charge in [-0.3, -0.25) is 4.79 Å². The Morgan fingerprint density at radius 3 is 2.85 bits per heavy atom. The van der Waals surface area contributed by atoms with E-state index in [1.807, 2.05) is 29.2 Å². The summed E-state index contributed by atoms with van der Waals surface area (Å²) >= 11 is 0. The number of hydrogen-bond acceptors (Lipinski definition) is 3. The van der Waals surface area contributed by atoms with Crippen molar-refractivity contribution in [2.24, 2.45) is 0 Å². The van der Waals surface area contributed by atoms with E-state index in [1.165, 1.54) is 5.56 Å². The lowest BCUT2D eigenvalue weighted by Gasteiger charge is -2.11. The number of aryl methyl sites for hydroxylation is 1. The predicted molar refractivity (Wildman–Crippen MR) is 75.8 cm³/mol. The SMILES string of the molecule is O=C(C=CCCc1ccc2c(c1)OCO2)N1CCCC1. The van der Waals surface area contributed by atoms with E-state index in [1.54, 1.807) is 6.08 Å². The smallest absolute Gasteiger partial charge is 0.246 e. The fraction of sp³-hybridized carbons (Fsp3) is 0.438. The number of allylic oxidation sites excluding steroid dienone is 1. The number of carbonyl (C=O) groups is 1. The van der Waals surface area contributed by atoms with Crippen molar-refractivity contribution in [1.82, 2.24) is 4.90 Å². The van der Waals surface area contributed by atoms with Crippen LogP contribution in [0.5, 0.6) is 11.5 Å². The van der Waals surface area contributed by atoms with Crippen LogP contribution in [0.2, 0.25) is 0 Å². The van der Waals surface area contributed by atoms with Crippen molar-refractivity contribution < 1.29 is 14.3 Å². The lowest BCUT2D eigenvalue weighted by molar-refractivity contribution is -0.125. The van der Waals surface area contributed by atoms with Crippen LogP contribution in [0.25, 0.3) is 0 Å². The van der Waals surface area contributed by atoms with E-state index in [0.717, 1.165) is 50.3 Å². The van der Waals surface area contributed by atoms with Crippen molar-refractivity contribution in [2.75, 3.05) is 19.9 Å². The van der Waals surface area contributed by atoms with Crippen LogP contribution in [-0.4, -0.2) is 30.7 Å². The van der Waals surface area contributed by atoms with Crippen LogP contribution in [-0.2, 0) is 11.2 Å². The molecule has 2 aliphatic heterocycles. The molecule has 1 fully saturated rings. The molecule has 106 valence electrons. The van der Waals surface area contributed by atoms with Gasteiger partial charge in [-0.15, -0.1) is 0 Å². The van der Waals surface area contributed by atoms with Gasteiger partial charge in [-0.1, -0.05) is 12.1 Å². The van der Waals surface area contributed by atoms with E-state index in [4.69, 9.17) is 9.47 Å². The molecule has 3 rings (SSSR count). The van der Waals surface area contributed by atoms with Gasteiger partial charge in [0, 0.05) is 13.1 Å². The Bertz CT molecular complexity index is 518. The molecule has 2 aliphatic rings. The third kappa shape index (κ3) is 2.95. The second-order valence-corrected chi connectivity index (χ2v) is 5.16. The number of hydrogen-bond donors (Lipinski definition) is 0. The van der Waals surface area contributed by atoms with Gasteiger partial charge in [-0.25, -0.2) is 0 Å². The minimum Gasteiger partial charge on any atom is -0.454 e. The first-order valence-electron chi connectivity index (χ1n) is 7.17. The molecule has 1 saturated heterocycles. The van der Waals surface area contributed by atoms with Crippen LogP contribution in [0.1, 0.15) is 24.8 Å². The lowest BCUT2D eigenvalue weighted by atomic mass is 10.1. The molecule has 1 amide bonds. The Labute approximate surface area is 119 Å². The van der Waals surface area contributed by atoms with Crippen LogP contribution in [0.4, 0.5) is 0 Å². The van der Waals surface area contributed by atoms with Crippen LogP contribution < -0.4 is 9.47 Å². The van der Waals surface area contributed by atoms with Gasteiger partial charge in [0.15, 0.2) is 11.5 Å². The number of likely N-dealkylation sites (tertiary alicyclic amines) is 1. The maximum Gasteiger partial charge on any atom is 0.246 e. The maximum absolute atomic E-state index is 11.8. The molecule has 0 saturated carbocycles. The van der Waals surface area contributed by atoms with Crippen LogP contribution >= 0.6 is 0 Å². The third-order valence-electron chi connectivity index (χ3n) is 3.71. The molecular weight excluding hydrogens is 254 g/mol. The number of benzene rings is 1. The summed E-state index contributed by atoms with van der Waals surface area (Å²) in [7, 11) is 0. The molecule has 0 atom stereocenters. The summed E-state index contributed by atoms with van der Waals surface area (Å²) in [5.74, 6) is 1.78. The molecule has 1 aromatic carbocycles. The lowest BCUT2D eigenvalue weighted by Crippen LogP contribution is -2.25. The number of nitrogens with zero attached hydrogens (tertiary/aromatic N) is 1. The van der Waals surface area contributed by atoms with E-state index >= 15 is 0 Å². The standard InChI is InChI=1S/C16H19NO3/c18-16(17-9-3-4-10-17)6-2-1-5-13-7-8-14-15(11-13)20-12-19-14/h2,6-8,11H,1,3-5,9-10,12H2. The summed E-state index contributed by atoms with van der Waals surface area (Å²) in [6.45, 7) is 2.12. The molecule has 4 heteroatoms. The topological polar surface area (TPSA) is 38.8 Å². The minimum atomic E-state index is 0.146. The highest BCUT2D eigenvalue weighted by molar-refractivity contribution is 5.87. The zero-order valence-corrected chi connectivity index (χ0v) is 11.5. The van der Waals surface area contributed by atoms with E-state index in [2.05, 4.69) is 0 Å². The highest BCUT2D eigenvalue weighted by atomic mass is 16.7. The second-order valence-electron chi connectivity index (χ2n) is 5.16. The van der Waals surface area contributed by atoms with Crippen LogP contribution in [0.3, 0.4) is 0 Å². The average molecular weight is 273 g/mol.